The molecule has 1 unspecified atom stereocenters. The van der Waals surface area contributed by atoms with Crippen LogP contribution >= 0.6 is 0 Å². The SMILES string of the molecule is c1coc(N2ON=C(C3=NCCO3)C2c2ccon2)n1. The van der Waals surface area contributed by atoms with Crippen molar-refractivity contribution in [3.8, 4) is 0 Å². The molecular weight excluding hydrogens is 266 g/mol. The molecule has 9 nitrogen and oxygen atoms in total. The first-order chi connectivity index (χ1) is 9.93. The largest absolute Gasteiger partial charge is 0.474 e. The van der Waals surface area contributed by atoms with Crippen molar-refractivity contribution in [3.63, 3.8) is 0 Å². The molecule has 0 spiro atoms. The number of nitrogens with zero attached hydrogens (tertiary/aromatic N) is 5. The number of oxime groups is 1. The van der Waals surface area contributed by atoms with Gasteiger partial charge < -0.3 is 13.7 Å². The topological polar surface area (TPSA) is 98.5 Å². The summed E-state index contributed by atoms with van der Waals surface area (Å²) in [6.45, 7) is 1.12. The van der Waals surface area contributed by atoms with Gasteiger partial charge in [-0.25, -0.2) is 4.99 Å². The third kappa shape index (κ3) is 1.63. The van der Waals surface area contributed by atoms with E-state index >= 15 is 0 Å². The second-order valence-electron chi connectivity index (χ2n) is 4.06. The Balaban J connectivity index is 1.73. The molecule has 0 bridgehead atoms. The van der Waals surface area contributed by atoms with Gasteiger partial charge in [0.15, 0.2) is 11.8 Å². The lowest BCUT2D eigenvalue weighted by molar-refractivity contribution is 0.116. The van der Waals surface area contributed by atoms with Gasteiger partial charge >= 0.3 is 6.01 Å². The molecule has 4 heterocycles. The molecular formula is C11H9N5O4. The molecule has 2 aliphatic rings. The number of ether oxygens (including phenoxy) is 1. The van der Waals surface area contributed by atoms with Crippen LogP contribution in [0.4, 0.5) is 6.01 Å². The van der Waals surface area contributed by atoms with Gasteiger partial charge in [-0.2, -0.15) is 4.98 Å². The van der Waals surface area contributed by atoms with Crippen LogP contribution in [0.25, 0.3) is 0 Å². The molecule has 0 N–H and O–H groups in total. The maximum absolute atomic E-state index is 5.43. The molecule has 0 fully saturated rings. The molecule has 0 amide bonds. The Kier molecular flexibility index (Phi) is 2.41. The van der Waals surface area contributed by atoms with Crippen LogP contribution in [-0.2, 0) is 9.68 Å². The summed E-state index contributed by atoms with van der Waals surface area (Å²) in [5.74, 6) is 0.437. The van der Waals surface area contributed by atoms with Crippen molar-refractivity contribution in [2.24, 2.45) is 10.1 Å². The van der Waals surface area contributed by atoms with E-state index in [2.05, 4.69) is 20.3 Å². The number of hydroxylamine groups is 1. The predicted octanol–water partition coefficient (Wildman–Crippen LogP) is 0.940. The molecule has 2 aromatic rings. The van der Waals surface area contributed by atoms with Crippen molar-refractivity contribution >= 4 is 17.6 Å². The van der Waals surface area contributed by atoms with Gasteiger partial charge in [0.05, 0.1) is 12.7 Å². The molecule has 1 atom stereocenters. The summed E-state index contributed by atoms with van der Waals surface area (Å²) in [5, 5.41) is 9.31. The van der Waals surface area contributed by atoms with Gasteiger partial charge in [-0.15, -0.1) is 5.06 Å². The van der Waals surface area contributed by atoms with Crippen LogP contribution in [0.1, 0.15) is 11.7 Å². The molecule has 0 radical (unpaired) electrons. The van der Waals surface area contributed by atoms with E-state index < -0.39 is 6.04 Å². The number of oxazole rings is 1. The summed E-state index contributed by atoms with van der Waals surface area (Å²) < 4.78 is 15.6. The fourth-order valence-electron chi connectivity index (χ4n) is 2.04. The zero-order valence-corrected chi connectivity index (χ0v) is 10.2. The van der Waals surface area contributed by atoms with Crippen LogP contribution in [0.3, 0.4) is 0 Å². The van der Waals surface area contributed by atoms with Gasteiger partial charge in [0.25, 0.3) is 0 Å². The highest BCUT2D eigenvalue weighted by molar-refractivity contribution is 6.41. The Morgan fingerprint density at radius 1 is 1.30 bits per heavy atom. The minimum Gasteiger partial charge on any atom is -0.474 e. The van der Waals surface area contributed by atoms with E-state index in [1.165, 1.54) is 23.8 Å². The van der Waals surface area contributed by atoms with Gasteiger partial charge in [0.2, 0.25) is 5.90 Å². The number of anilines is 1. The summed E-state index contributed by atoms with van der Waals surface area (Å²) in [6.07, 6.45) is 4.43. The average molecular weight is 275 g/mol. The van der Waals surface area contributed by atoms with Gasteiger partial charge in [-0.3, -0.25) is 4.94 Å². The summed E-state index contributed by atoms with van der Waals surface area (Å²) in [7, 11) is 0. The highest BCUT2D eigenvalue weighted by Crippen LogP contribution is 2.32. The Morgan fingerprint density at radius 2 is 2.30 bits per heavy atom. The van der Waals surface area contributed by atoms with Crippen molar-refractivity contribution in [2.75, 3.05) is 18.2 Å². The number of hydrogen-bond donors (Lipinski definition) is 0. The van der Waals surface area contributed by atoms with Gasteiger partial charge in [0.1, 0.15) is 24.8 Å². The first-order valence-electron chi connectivity index (χ1n) is 5.95. The fourth-order valence-corrected chi connectivity index (χ4v) is 2.04. The lowest BCUT2D eigenvalue weighted by Crippen LogP contribution is -2.31. The van der Waals surface area contributed by atoms with E-state index in [1.807, 2.05) is 0 Å². The first-order valence-corrected chi connectivity index (χ1v) is 5.95. The van der Waals surface area contributed by atoms with Gasteiger partial charge in [0, 0.05) is 6.07 Å². The summed E-state index contributed by atoms with van der Waals surface area (Å²) in [5.41, 5.74) is 1.10. The molecule has 9 heteroatoms. The molecule has 4 rings (SSSR count). The Hall–Kier alpha value is -2.84. The minimum atomic E-state index is -0.482. The number of aromatic nitrogens is 2. The Labute approximate surface area is 112 Å². The van der Waals surface area contributed by atoms with Crippen molar-refractivity contribution in [1.29, 1.82) is 0 Å². The summed E-state index contributed by atoms with van der Waals surface area (Å²) in [6, 6.07) is 1.49. The molecule has 20 heavy (non-hydrogen) atoms. The lowest BCUT2D eigenvalue weighted by Gasteiger charge is -2.17. The predicted molar refractivity (Wildman–Crippen MR) is 65.0 cm³/mol. The van der Waals surface area contributed by atoms with Crippen LogP contribution in [-0.4, -0.2) is 34.9 Å². The van der Waals surface area contributed by atoms with Crippen LogP contribution in [0.5, 0.6) is 0 Å². The lowest BCUT2D eigenvalue weighted by atomic mass is 10.1. The monoisotopic (exact) mass is 275 g/mol. The van der Waals surface area contributed by atoms with Gasteiger partial charge in [-0.1, -0.05) is 10.3 Å². The van der Waals surface area contributed by atoms with E-state index in [1.54, 1.807) is 6.07 Å². The molecule has 0 aliphatic carbocycles. The number of hydrogen-bond acceptors (Lipinski definition) is 9. The van der Waals surface area contributed by atoms with Crippen LogP contribution < -0.4 is 5.06 Å². The average Bonchev–Trinajstić information content (AvgIpc) is 3.23. The number of rotatable bonds is 3. The van der Waals surface area contributed by atoms with Crippen LogP contribution in [0.2, 0.25) is 0 Å². The second kappa shape index (κ2) is 4.37. The third-order valence-electron chi connectivity index (χ3n) is 2.87. The fraction of sp³-hybridized carbons (Fsp3) is 0.273. The van der Waals surface area contributed by atoms with Crippen molar-refractivity contribution < 1.29 is 18.6 Å². The van der Waals surface area contributed by atoms with Crippen molar-refractivity contribution in [2.45, 2.75) is 6.04 Å². The van der Waals surface area contributed by atoms with Crippen LogP contribution in [0, 0.1) is 0 Å². The normalized spacial score (nSPS) is 21.4. The van der Waals surface area contributed by atoms with Gasteiger partial charge in [-0.05, 0) is 0 Å². The number of aliphatic imine (C=N–C) groups is 1. The summed E-state index contributed by atoms with van der Waals surface area (Å²) >= 11 is 0. The molecule has 0 saturated carbocycles. The van der Waals surface area contributed by atoms with E-state index in [4.69, 9.17) is 18.6 Å². The maximum Gasteiger partial charge on any atom is 0.334 e. The van der Waals surface area contributed by atoms with E-state index in [0.717, 1.165) is 0 Å². The Morgan fingerprint density at radius 3 is 3.00 bits per heavy atom. The second-order valence-corrected chi connectivity index (χ2v) is 4.06. The third-order valence-corrected chi connectivity index (χ3v) is 2.87. The van der Waals surface area contributed by atoms with E-state index in [0.29, 0.717) is 30.5 Å². The summed E-state index contributed by atoms with van der Waals surface area (Å²) in [4.78, 5) is 13.6. The standard InChI is InChI=1S/C11H9N5O4/c1-4-19-14-7(1)9-8(10-12-2-5-17-10)15-20-16(9)11-13-3-6-18-11/h1,3-4,6,9H,2,5H2. The smallest absolute Gasteiger partial charge is 0.334 e. The van der Waals surface area contributed by atoms with E-state index in [-0.39, 0.29) is 6.01 Å². The molecule has 0 aromatic carbocycles. The quantitative estimate of drug-likeness (QED) is 0.821. The maximum atomic E-state index is 5.43. The minimum absolute atomic E-state index is 0.260. The molecule has 2 aliphatic heterocycles. The zero-order valence-electron chi connectivity index (χ0n) is 10.2. The first kappa shape index (κ1) is 11.0. The van der Waals surface area contributed by atoms with Crippen LogP contribution in [0.15, 0.2) is 43.9 Å². The van der Waals surface area contributed by atoms with Crippen molar-refractivity contribution in [3.05, 3.63) is 30.5 Å². The Bertz CT molecular complexity index is 648. The van der Waals surface area contributed by atoms with Crippen molar-refractivity contribution in [1.82, 2.24) is 10.1 Å². The highest BCUT2D eigenvalue weighted by atomic mass is 16.8. The highest BCUT2D eigenvalue weighted by Gasteiger charge is 2.42. The molecule has 0 saturated heterocycles. The molecule has 102 valence electrons. The molecule has 2 aromatic heterocycles. The zero-order chi connectivity index (χ0) is 13.4. The van der Waals surface area contributed by atoms with E-state index in [9.17, 15) is 0 Å².